The summed E-state index contributed by atoms with van der Waals surface area (Å²) < 4.78 is 4.95. The Hall–Kier alpha value is -1.12. The van der Waals surface area contributed by atoms with Crippen molar-refractivity contribution in [2.24, 2.45) is 22.7 Å². The van der Waals surface area contributed by atoms with E-state index >= 15 is 0 Å². The molecule has 2 bridgehead atoms. The largest absolute Gasteiger partial charge is 0.469 e. The van der Waals surface area contributed by atoms with Gasteiger partial charge in [0.2, 0.25) is 0 Å². The molecule has 98 valence electrons. The van der Waals surface area contributed by atoms with E-state index < -0.39 is 5.41 Å². The molecule has 4 rings (SSSR count). The number of esters is 1. The van der Waals surface area contributed by atoms with Crippen LogP contribution in [-0.2, 0) is 14.3 Å². The van der Waals surface area contributed by atoms with Crippen LogP contribution in [0.25, 0.3) is 0 Å². The molecule has 0 amide bonds. The van der Waals surface area contributed by atoms with Gasteiger partial charge in [0, 0.05) is 11.3 Å². The van der Waals surface area contributed by atoms with E-state index in [2.05, 4.69) is 6.08 Å². The molecule has 18 heavy (non-hydrogen) atoms. The van der Waals surface area contributed by atoms with E-state index in [0.29, 0.717) is 0 Å². The Morgan fingerprint density at radius 2 is 2.22 bits per heavy atom. The second kappa shape index (κ2) is 3.46. The minimum absolute atomic E-state index is 0.0469. The molecule has 0 heterocycles. The molecule has 3 nitrogen and oxygen atoms in total. The average Bonchev–Trinajstić information content (AvgIpc) is 2.77. The van der Waals surface area contributed by atoms with Crippen LogP contribution >= 0.6 is 0 Å². The summed E-state index contributed by atoms with van der Waals surface area (Å²) in [4.78, 5) is 24.6. The monoisotopic (exact) mass is 248 g/mol. The molecule has 1 spiro atoms. The summed E-state index contributed by atoms with van der Waals surface area (Å²) in [7, 11) is 1.42. The molecule has 0 aromatic heterocycles. The van der Waals surface area contributed by atoms with Crippen molar-refractivity contribution in [3.8, 4) is 0 Å². The summed E-state index contributed by atoms with van der Waals surface area (Å²) in [5.41, 5.74) is 0.738. The van der Waals surface area contributed by atoms with E-state index in [1.807, 2.05) is 13.8 Å². The van der Waals surface area contributed by atoms with Crippen LogP contribution in [0.2, 0.25) is 0 Å². The smallest absolute Gasteiger partial charge is 0.312 e. The lowest BCUT2D eigenvalue weighted by Gasteiger charge is -2.54. The maximum absolute atomic E-state index is 12.5. The van der Waals surface area contributed by atoms with Crippen LogP contribution in [0.15, 0.2) is 11.6 Å². The number of fused-ring (bicyclic) bond motifs is 2. The van der Waals surface area contributed by atoms with Crippen molar-refractivity contribution in [3.05, 3.63) is 11.6 Å². The van der Waals surface area contributed by atoms with Crippen molar-refractivity contribution in [1.82, 2.24) is 0 Å². The van der Waals surface area contributed by atoms with Gasteiger partial charge in [0.05, 0.1) is 18.4 Å². The number of ether oxygens (including phenoxy) is 1. The van der Waals surface area contributed by atoms with Crippen LogP contribution in [0.3, 0.4) is 0 Å². The van der Waals surface area contributed by atoms with E-state index in [9.17, 15) is 9.59 Å². The Morgan fingerprint density at radius 1 is 1.50 bits per heavy atom. The third-order valence-corrected chi connectivity index (χ3v) is 5.66. The predicted octanol–water partition coefficient (Wildman–Crippen LogP) is 2.50. The minimum atomic E-state index is -0.647. The summed E-state index contributed by atoms with van der Waals surface area (Å²) in [6.07, 6.45) is 6.18. The second-order valence-electron chi connectivity index (χ2n) is 6.39. The van der Waals surface area contributed by atoms with E-state index in [-0.39, 0.29) is 29.0 Å². The Labute approximate surface area is 108 Å². The number of ketones is 1. The highest BCUT2D eigenvalue weighted by Gasteiger charge is 2.64. The molecule has 4 aliphatic carbocycles. The summed E-state index contributed by atoms with van der Waals surface area (Å²) in [5, 5.41) is 0. The first kappa shape index (κ1) is 11.9. The quantitative estimate of drug-likeness (QED) is 0.529. The molecule has 2 fully saturated rings. The fraction of sp³-hybridized carbons (Fsp3) is 0.733. The molecular weight excluding hydrogens is 228 g/mol. The zero-order valence-electron chi connectivity index (χ0n) is 11.3. The molecule has 3 heteroatoms. The molecule has 1 unspecified atom stereocenters. The van der Waals surface area contributed by atoms with Gasteiger partial charge in [-0.05, 0) is 32.6 Å². The molecule has 0 N–H and O–H groups in total. The van der Waals surface area contributed by atoms with Crippen molar-refractivity contribution in [2.75, 3.05) is 7.11 Å². The topological polar surface area (TPSA) is 43.4 Å². The third-order valence-electron chi connectivity index (χ3n) is 5.66. The highest BCUT2D eigenvalue weighted by molar-refractivity contribution is 5.95. The van der Waals surface area contributed by atoms with Crippen LogP contribution in [0.4, 0.5) is 0 Å². The molecule has 0 aliphatic heterocycles. The Balaban J connectivity index is 2.13. The number of rotatable bonds is 1. The van der Waals surface area contributed by atoms with Gasteiger partial charge in [-0.2, -0.15) is 0 Å². The molecule has 0 aromatic rings. The van der Waals surface area contributed by atoms with E-state index in [4.69, 9.17) is 4.74 Å². The zero-order chi connectivity index (χ0) is 13.1. The normalized spacial score (nSPS) is 45.7. The first-order valence-electron chi connectivity index (χ1n) is 6.79. The highest BCUT2D eigenvalue weighted by atomic mass is 16.5. The lowest BCUT2D eigenvalue weighted by Crippen LogP contribution is -2.57. The van der Waals surface area contributed by atoms with Crippen molar-refractivity contribution < 1.29 is 14.3 Å². The summed E-state index contributed by atoms with van der Waals surface area (Å²) >= 11 is 0. The van der Waals surface area contributed by atoms with E-state index in [0.717, 1.165) is 25.7 Å². The van der Waals surface area contributed by atoms with Gasteiger partial charge < -0.3 is 4.74 Å². The zero-order valence-corrected chi connectivity index (χ0v) is 11.3. The van der Waals surface area contributed by atoms with Crippen LogP contribution in [0, 0.1) is 22.7 Å². The van der Waals surface area contributed by atoms with Gasteiger partial charge in [-0.15, -0.1) is 0 Å². The SMILES string of the molecule is COC(=O)[C@]1(C)C[C@]23CCCC2=C[C@H]1C(=O)C3C. The molecule has 0 radical (unpaired) electrons. The third kappa shape index (κ3) is 1.15. The number of Topliss-reactive ketones (excluding diaryl/α,β-unsaturated/α-hetero) is 1. The number of allylic oxidation sites excluding steroid dienone is 2. The lowest BCUT2D eigenvalue weighted by atomic mass is 9.47. The number of hydrogen-bond donors (Lipinski definition) is 0. The standard InChI is InChI=1S/C15H20O3/c1-9-12(16)11-7-10-5-4-6-15(9,10)8-14(11,2)13(17)18-3/h7,9,11H,4-6,8H2,1-3H3/t9?,11-,14+,15-/m0/s1. The van der Waals surface area contributed by atoms with Gasteiger partial charge in [0.1, 0.15) is 5.78 Å². The number of hydrogen-bond acceptors (Lipinski definition) is 3. The first-order chi connectivity index (χ1) is 8.45. The van der Waals surface area contributed by atoms with Crippen LogP contribution in [0.1, 0.15) is 39.5 Å². The van der Waals surface area contributed by atoms with Crippen LogP contribution < -0.4 is 0 Å². The molecule has 4 aliphatic rings. The number of methoxy groups -OCH3 is 1. The molecular formula is C15H20O3. The maximum Gasteiger partial charge on any atom is 0.312 e. The van der Waals surface area contributed by atoms with Gasteiger partial charge >= 0.3 is 5.97 Å². The van der Waals surface area contributed by atoms with Crippen LogP contribution in [-0.4, -0.2) is 18.9 Å². The van der Waals surface area contributed by atoms with Crippen molar-refractivity contribution >= 4 is 11.8 Å². The average molecular weight is 248 g/mol. The Morgan fingerprint density at radius 3 is 2.89 bits per heavy atom. The summed E-state index contributed by atoms with van der Waals surface area (Å²) in [6, 6.07) is 0. The molecule has 2 saturated carbocycles. The Bertz CT molecular complexity index is 464. The maximum atomic E-state index is 12.5. The molecule has 4 atom stereocenters. The number of carbonyl (C=O) groups excluding carboxylic acids is 2. The van der Waals surface area contributed by atoms with Crippen LogP contribution in [0.5, 0.6) is 0 Å². The predicted molar refractivity (Wildman–Crippen MR) is 66.8 cm³/mol. The van der Waals surface area contributed by atoms with Gasteiger partial charge in [0.15, 0.2) is 0 Å². The number of carbonyl (C=O) groups is 2. The first-order valence-corrected chi connectivity index (χ1v) is 6.79. The van der Waals surface area contributed by atoms with Gasteiger partial charge in [-0.3, -0.25) is 9.59 Å². The van der Waals surface area contributed by atoms with Crippen molar-refractivity contribution in [3.63, 3.8) is 0 Å². The van der Waals surface area contributed by atoms with E-state index in [1.165, 1.54) is 12.7 Å². The van der Waals surface area contributed by atoms with E-state index in [1.54, 1.807) is 0 Å². The summed E-state index contributed by atoms with van der Waals surface area (Å²) in [5.74, 6) is -0.188. The molecule has 0 saturated heterocycles. The minimum Gasteiger partial charge on any atom is -0.469 e. The van der Waals surface area contributed by atoms with Crippen molar-refractivity contribution in [2.45, 2.75) is 39.5 Å². The summed E-state index contributed by atoms with van der Waals surface area (Å²) in [6.45, 7) is 3.95. The van der Waals surface area contributed by atoms with Crippen molar-refractivity contribution in [1.29, 1.82) is 0 Å². The second-order valence-corrected chi connectivity index (χ2v) is 6.39. The van der Waals surface area contributed by atoms with Gasteiger partial charge in [0.25, 0.3) is 0 Å². The Kier molecular flexibility index (Phi) is 2.30. The molecule has 0 aromatic carbocycles. The van der Waals surface area contributed by atoms with Gasteiger partial charge in [-0.25, -0.2) is 0 Å². The lowest BCUT2D eigenvalue weighted by molar-refractivity contribution is -0.167. The van der Waals surface area contributed by atoms with Gasteiger partial charge in [-0.1, -0.05) is 18.6 Å². The highest BCUT2D eigenvalue weighted by Crippen LogP contribution is 2.65. The fourth-order valence-electron chi connectivity index (χ4n) is 4.62. The fourth-order valence-corrected chi connectivity index (χ4v) is 4.62.